The Labute approximate surface area is 169 Å². The van der Waals surface area contributed by atoms with Gasteiger partial charge < -0.3 is 19.9 Å². The molecular weight excluding hydrogens is 350 g/mol. The van der Waals surface area contributed by atoms with Gasteiger partial charge in [-0.25, -0.2) is 0 Å². The average molecular weight is 384 g/mol. The standard InChI is InChI=1S/C24H33NO3/c25-19-20-11-13-21(14-12-20)22-8-7-9-23(18-22)26-15-6-4-2-1-3-5-10-24-27-16-17-28-24/h7-9,11-14,18,24H,1-6,10,15-17,19,25H2. The molecule has 28 heavy (non-hydrogen) atoms. The summed E-state index contributed by atoms with van der Waals surface area (Å²) in [5.41, 5.74) is 9.19. The lowest BCUT2D eigenvalue weighted by molar-refractivity contribution is -0.0480. The molecule has 0 bridgehead atoms. The molecular formula is C24H33NO3. The molecule has 4 heteroatoms. The fourth-order valence-corrected chi connectivity index (χ4v) is 3.48. The van der Waals surface area contributed by atoms with Gasteiger partial charge in [0.1, 0.15) is 5.75 Å². The molecule has 0 radical (unpaired) electrons. The average Bonchev–Trinajstić information content (AvgIpc) is 3.26. The van der Waals surface area contributed by atoms with Crippen LogP contribution in [0.25, 0.3) is 11.1 Å². The SMILES string of the molecule is NCc1ccc(-c2cccc(OCCCCCCCCC3OCCO3)c2)cc1. The van der Waals surface area contributed by atoms with Crippen LogP contribution in [0.3, 0.4) is 0 Å². The van der Waals surface area contributed by atoms with Crippen molar-refractivity contribution in [3.8, 4) is 16.9 Å². The first-order chi connectivity index (χ1) is 13.8. The summed E-state index contributed by atoms with van der Waals surface area (Å²) in [4.78, 5) is 0. The number of unbranched alkanes of at least 4 members (excludes halogenated alkanes) is 5. The second-order valence-electron chi connectivity index (χ2n) is 7.36. The summed E-state index contributed by atoms with van der Waals surface area (Å²) in [6.07, 6.45) is 8.41. The van der Waals surface area contributed by atoms with Gasteiger partial charge in [0.2, 0.25) is 0 Å². The van der Waals surface area contributed by atoms with Crippen LogP contribution < -0.4 is 10.5 Å². The first kappa shape index (κ1) is 20.8. The Morgan fingerprint density at radius 3 is 2.29 bits per heavy atom. The zero-order chi connectivity index (χ0) is 19.4. The van der Waals surface area contributed by atoms with Gasteiger partial charge in [0.25, 0.3) is 0 Å². The Hall–Kier alpha value is -1.88. The van der Waals surface area contributed by atoms with Crippen molar-refractivity contribution in [2.75, 3.05) is 19.8 Å². The van der Waals surface area contributed by atoms with E-state index in [0.717, 1.165) is 44.0 Å². The van der Waals surface area contributed by atoms with Gasteiger partial charge in [0.15, 0.2) is 6.29 Å². The van der Waals surface area contributed by atoms with Gasteiger partial charge in [0.05, 0.1) is 19.8 Å². The van der Waals surface area contributed by atoms with Crippen molar-refractivity contribution in [3.63, 3.8) is 0 Å². The Kier molecular flexibility index (Phi) is 8.82. The van der Waals surface area contributed by atoms with E-state index in [-0.39, 0.29) is 6.29 Å². The van der Waals surface area contributed by atoms with Gasteiger partial charge in [-0.2, -0.15) is 0 Å². The highest BCUT2D eigenvalue weighted by atomic mass is 16.7. The lowest BCUT2D eigenvalue weighted by atomic mass is 10.0. The Morgan fingerprint density at radius 2 is 1.54 bits per heavy atom. The topological polar surface area (TPSA) is 53.7 Å². The second-order valence-corrected chi connectivity index (χ2v) is 7.36. The molecule has 1 heterocycles. The van der Waals surface area contributed by atoms with Crippen molar-refractivity contribution in [1.29, 1.82) is 0 Å². The molecule has 1 fully saturated rings. The maximum absolute atomic E-state index is 5.96. The number of hydrogen-bond acceptors (Lipinski definition) is 4. The van der Waals surface area contributed by atoms with Crippen molar-refractivity contribution in [1.82, 2.24) is 0 Å². The van der Waals surface area contributed by atoms with Gasteiger partial charge in [-0.1, -0.05) is 62.1 Å². The molecule has 3 rings (SSSR count). The van der Waals surface area contributed by atoms with Gasteiger partial charge in [-0.05, 0) is 48.1 Å². The third kappa shape index (κ3) is 6.93. The maximum Gasteiger partial charge on any atom is 0.157 e. The van der Waals surface area contributed by atoms with Crippen molar-refractivity contribution in [2.45, 2.75) is 57.8 Å². The van der Waals surface area contributed by atoms with Crippen LogP contribution in [0.15, 0.2) is 48.5 Å². The lowest BCUT2D eigenvalue weighted by Crippen LogP contribution is -2.06. The van der Waals surface area contributed by atoms with Gasteiger partial charge >= 0.3 is 0 Å². The van der Waals surface area contributed by atoms with Crippen LogP contribution in [0.1, 0.15) is 50.5 Å². The molecule has 1 aliphatic rings. The van der Waals surface area contributed by atoms with Crippen LogP contribution in [-0.2, 0) is 16.0 Å². The third-order valence-corrected chi connectivity index (χ3v) is 5.15. The van der Waals surface area contributed by atoms with E-state index in [1.165, 1.54) is 43.2 Å². The lowest BCUT2D eigenvalue weighted by Gasteiger charge is -2.09. The van der Waals surface area contributed by atoms with Crippen LogP contribution in [0.4, 0.5) is 0 Å². The monoisotopic (exact) mass is 383 g/mol. The van der Waals surface area contributed by atoms with Crippen molar-refractivity contribution in [3.05, 3.63) is 54.1 Å². The van der Waals surface area contributed by atoms with Crippen LogP contribution in [0, 0.1) is 0 Å². The zero-order valence-electron chi connectivity index (χ0n) is 16.8. The second kappa shape index (κ2) is 11.8. The molecule has 152 valence electrons. The Morgan fingerprint density at radius 1 is 0.821 bits per heavy atom. The number of benzene rings is 2. The molecule has 1 saturated heterocycles. The molecule has 0 unspecified atom stereocenters. The van der Waals surface area contributed by atoms with E-state index in [4.69, 9.17) is 19.9 Å². The minimum absolute atomic E-state index is 0.0581. The molecule has 4 nitrogen and oxygen atoms in total. The zero-order valence-corrected chi connectivity index (χ0v) is 16.8. The van der Waals surface area contributed by atoms with E-state index < -0.39 is 0 Å². The number of hydrogen-bond donors (Lipinski definition) is 1. The van der Waals surface area contributed by atoms with E-state index in [9.17, 15) is 0 Å². The first-order valence-electron chi connectivity index (χ1n) is 10.6. The summed E-state index contributed by atoms with van der Waals surface area (Å²) < 4.78 is 16.9. The molecule has 0 amide bonds. The molecule has 0 aromatic heterocycles. The highest BCUT2D eigenvalue weighted by molar-refractivity contribution is 5.65. The van der Waals surface area contributed by atoms with E-state index in [1.54, 1.807) is 0 Å². The highest BCUT2D eigenvalue weighted by Crippen LogP contribution is 2.24. The quantitative estimate of drug-likeness (QED) is 0.506. The molecule has 2 aromatic carbocycles. The largest absolute Gasteiger partial charge is 0.494 e. The van der Waals surface area contributed by atoms with E-state index in [1.807, 2.05) is 6.07 Å². The smallest absolute Gasteiger partial charge is 0.157 e. The number of ether oxygens (including phenoxy) is 3. The summed E-state index contributed by atoms with van der Waals surface area (Å²) in [7, 11) is 0. The van der Waals surface area contributed by atoms with Crippen molar-refractivity contribution >= 4 is 0 Å². The van der Waals surface area contributed by atoms with Crippen molar-refractivity contribution in [2.24, 2.45) is 5.73 Å². The molecule has 0 aliphatic carbocycles. The van der Waals surface area contributed by atoms with Crippen molar-refractivity contribution < 1.29 is 14.2 Å². The van der Waals surface area contributed by atoms with Crippen LogP contribution in [0.2, 0.25) is 0 Å². The summed E-state index contributed by atoms with van der Waals surface area (Å²) in [6.45, 7) is 2.87. The molecule has 2 N–H and O–H groups in total. The van der Waals surface area contributed by atoms with E-state index in [0.29, 0.717) is 6.54 Å². The van der Waals surface area contributed by atoms with Crippen LogP contribution in [-0.4, -0.2) is 26.1 Å². The fourth-order valence-electron chi connectivity index (χ4n) is 3.48. The third-order valence-electron chi connectivity index (χ3n) is 5.15. The highest BCUT2D eigenvalue weighted by Gasteiger charge is 2.14. The minimum atomic E-state index is 0.0581. The van der Waals surface area contributed by atoms with Crippen LogP contribution >= 0.6 is 0 Å². The minimum Gasteiger partial charge on any atom is -0.494 e. The predicted molar refractivity (Wildman–Crippen MR) is 113 cm³/mol. The molecule has 0 atom stereocenters. The molecule has 2 aromatic rings. The Balaban J connectivity index is 1.28. The number of rotatable bonds is 12. The normalized spacial score (nSPS) is 14.5. The number of nitrogens with two attached hydrogens (primary N) is 1. The van der Waals surface area contributed by atoms with E-state index >= 15 is 0 Å². The molecule has 1 aliphatic heterocycles. The summed E-state index contributed by atoms with van der Waals surface area (Å²) in [6, 6.07) is 16.7. The fraction of sp³-hybridized carbons (Fsp3) is 0.500. The predicted octanol–water partition coefficient (Wildman–Crippen LogP) is 5.29. The van der Waals surface area contributed by atoms with Gasteiger partial charge in [-0.3, -0.25) is 0 Å². The van der Waals surface area contributed by atoms with Gasteiger partial charge in [0, 0.05) is 6.54 Å². The first-order valence-corrected chi connectivity index (χ1v) is 10.6. The van der Waals surface area contributed by atoms with Crippen LogP contribution in [0.5, 0.6) is 5.75 Å². The summed E-state index contributed by atoms with van der Waals surface area (Å²) in [5.74, 6) is 0.942. The molecule has 0 saturated carbocycles. The summed E-state index contributed by atoms with van der Waals surface area (Å²) >= 11 is 0. The molecule has 0 spiro atoms. The Bertz CT molecular complexity index is 681. The van der Waals surface area contributed by atoms with Gasteiger partial charge in [-0.15, -0.1) is 0 Å². The summed E-state index contributed by atoms with van der Waals surface area (Å²) in [5, 5.41) is 0. The maximum atomic E-state index is 5.96. The van der Waals surface area contributed by atoms with E-state index in [2.05, 4.69) is 42.5 Å².